The van der Waals surface area contributed by atoms with Crippen LogP contribution in [0.1, 0.15) is 28.4 Å². The Kier molecular flexibility index (Phi) is 6.70. The second-order valence-corrected chi connectivity index (χ2v) is 8.72. The Balaban J connectivity index is 1.59. The Morgan fingerprint density at radius 2 is 1.85 bits per heavy atom. The summed E-state index contributed by atoms with van der Waals surface area (Å²) in [6, 6.07) is 19.1. The molecule has 0 N–H and O–H groups in total. The van der Waals surface area contributed by atoms with E-state index in [4.69, 9.17) is 9.84 Å². The van der Waals surface area contributed by atoms with Gasteiger partial charge < -0.3 is 9.64 Å². The van der Waals surface area contributed by atoms with E-state index in [2.05, 4.69) is 0 Å². The first-order valence-electron chi connectivity index (χ1n) is 10.6. The summed E-state index contributed by atoms with van der Waals surface area (Å²) in [4.78, 5) is 27.6. The summed E-state index contributed by atoms with van der Waals surface area (Å²) in [5.74, 6) is 0.477. The molecule has 6 nitrogen and oxygen atoms in total. The maximum Gasteiger partial charge on any atom is 0.227 e. The maximum absolute atomic E-state index is 13.1. The number of hydrogen-bond acceptors (Lipinski definition) is 5. The molecular formula is C26H25N3O3S. The first-order chi connectivity index (χ1) is 16.0. The molecule has 0 fully saturated rings. The zero-order chi connectivity index (χ0) is 23.4. The van der Waals surface area contributed by atoms with Crippen molar-refractivity contribution in [3.05, 3.63) is 88.9 Å². The zero-order valence-corrected chi connectivity index (χ0v) is 19.6. The number of likely N-dealkylation sites (N-methyl/N-ethyl adjacent to an activating group) is 1. The van der Waals surface area contributed by atoms with Crippen LogP contribution in [0.25, 0.3) is 16.3 Å². The molecule has 0 radical (unpaired) electrons. The molecule has 0 spiro atoms. The molecule has 0 atom stereocenters. The SMILES string of the molecule is COc1ccc(C(C)=O)cc1CC(=O)N(C)Cc1cn(-c2ccccc2)nc1-c1cccs1. The number of hydrogen-bond donors (Lipinski definition) is 0. The second-order valence-electron chi connectivity index (χ2n) is 7.77. The van der Waals surface area contributed by atoms with E-state index in [1.54, 1.807) is 48.6 Å². The lowest BCUT2D eigenvalue weighted by Gasteiger charge is -2.18. The number of thiophene rings is 1. The fourth-order valence-corrected chi connectivity index (χ4v) is 4.38. The molecule has 0 aliphatic heterocycles. The van der Waals surface area contributed by atoms with Gasteiger partial charge in [0.1, 0.15) is 11.4 Å². The average Bonchev–Trinajstić information content (AvgIpc) is 3.49. The van der Waals surface area contributed by atoms with Crippen molar-refractivity contribution in [2.45, 2.75) is 19.9 Å². The summed E-state index contributed by atoms with van der Waals surface area (Å²) in [5.41, 5.74) is 4.04. The summed E-state index contributed by atoms with van der Waals surface area (Å²) in [6.07, 6.45) is 2.12. The largest absolute Gasteiger partial charge is 0.496 e. The number of aromatic nitrogens is 2. The molecule has 7 heteroatoms. The summed E-state index contributed by atoms with van der Waals surface area (Å²) in [6.45, 7) is 1.92. The van der Waals surface area contributed by atoms with Crippen molar-refractivity contribution in [2.24, 2.45) is 0 Å². The molecule has 2 aromatic carbocycles. The van der Waals surface area contributed by atoms with Crippen LogP contribution in [-0.2, 0) is 17.8 Å². The first-order valence-corrected chi connectivity index (χ1v) is 11.4. The number of nitrogens with zero attached hydrogens (tertiary/aromatic N) is 3. The Hall–Kier alpha value is -3.71. The van der Waals surface area contributed by atoms with E-state index in [9.17, 15) is 9.59 Å². The highest BCUT2D eigenvalue weighted by atomic mass is 32.1. The van der Waals surface area contributed by atoms with E-state index >= 15 is 0 Å². The number of methoxy groups -OCH3 is 1. The highest BCUT2D eigenvalue weighted by Gasteiger charge is 2.19. The van der Waals surface area contributed by atoms with Gasteiger partial charge in [-0.2, -0.15) is 5.10 Å². The maximum atomic E-state index is 13.1. The fraction of sp³-hybridized carbons (Fsp3) is 0.192. The van der Waals surface area contributed by atoms with Crippen molar-refractivity contribution in [1.29, 1.82) is 0 Å². The Morgan fingerprint density at radius 1 is 1.06 bits per heavy atom. The molecule has 4 aromatic rings. The number of carbonyl (C=O) groups is 2. The van der Waals surface area contributed by atoms with Crippen molar-refractivity contribution < 1.29 is 14.3 Å². The van der Waals surface area contributed by atoms with Crippen LogP contribution in [0, 0.1) is 0 Å². The lowest BCUT2D eigenvalue weighted by atomic mass is 10.0. The Morgan fingerprint density at radius 3 is 2.52 bits per heavy atom. The normalized spacial score (nSPS) is 10.8. The monoisotopic (exact) mass is 459 g/mol. The number of para-hydroxylation sites is 1. The van der Waals surface area contributed by atoms with E-state index in [1.165, 1.54) is 6.92 Å². The van der Waals surface area contributed by atoms with Crippen molar-refractivity contribution in [3.63, 3.8) is 0 Å². The van der Waals surface area contributed by atoms with E-state index in [-0.39, 0.29) is 18.1 Å². The summed E-state index contributed by atoms with van der Waals surface area (Å²) in [5, 5.41) is 6.83. The number of ether oxygens (including phenoxy) is 1. The van der Waals surface area contributed by atoms with Gasteiger partial charge in [-0.05, 0) is 48.7 Å². The van der Waals surface area contributed by atoms with Crippen LogP contribution in [-0.4, -0.2) is 40.5 Å². The van der Waals surface area contributed by atoms with Gasteiger partial charge in [-0.25, -0.2) is 4.68 Å². The Labute approximate surface area is 197 Å². The zero-order valence-electron chi connectivity index (χ0n) is 18.8. The quantitative estimate of drug-likeness (QED) is 0.347. The molecule has 33 heavy (non-hydrogen) atoms. The number of rotatable bonds is 8. The number of Topliss-reactive ketones (excluding diaryl/α,β-unsaturated/α-hetero) is 1. The van der Waals surface area contributed by atoms with Gasteiger partial charge in [0.15, 0.2) is 5.78 Å². The minimum atomic E-state index is -0.0707. The molecular weight excluding hydrogens is 434 g/mol. The third kappa shape index (κ3) is 5.04. The Bertz CT molecular complexity index is 1260. The number of ketones is 1. The third-order valence-corrected chi connectivity index (χ3v) is 6.30. The van der Waals surface area contributed by atoms with Crippen LogP contribution in [0.4, 0.5) is 0 Å². The van der Waals surface area contributed by atoms with Crippen LogP contribution in [0.15, 0.2) is 72.2 Å². The molecule has 168 valence electrons. The van der Waals surface area contributed by atoms with Crippen LogP contribution in [0.2, 0.25) is 0 Å². The van der Waals surface area contributed by atoms with Crippen molar-refractivity contribution in [2.75, 3.05) is 14.2 Å². The summed E-state index contributed by atoms with van der Waals surface area (Å²) in [7, 11) is 3.34. The predicted molar refractivity (Wildman–Crippen MR) is 130 cm³/mol. The fourth-order valence-electron chi connectivity index (χ4n) is 3.64. The van der Waals surface area contributed by atoms with E-state index in [0.29, 0.717) is 23.4 Å². The molecule has 0 saturated heterocycles. The molecule has 0 unspecified atom stereocenters. The van der Waals surface area contributed by atoms with E-state index in [0.717, 1.165) is 21.8 Å². The minimum absolute atomic E-state index is 0.0476. The molecule has 4 rings (SSSR count). The van der Waals surface area contributed by atoms with Crippen LogP contribution in [0.5, 0.6) is 5.75 Å². The standard InChI is InChI=1S/C26H25N3O3S/c1-18(30)19-11-12-23(32-3)20(14-19)15-25(31)28(2)16-21-17-29(22-8-5-4-6-9-22)27-26(21)24-10-7-13-33-24/h4-14,17H,15-16H2,1-3H3. The van der Waals surface area contributed by atoms with Gasteiger partial charge in [0.25, 0.3) is 0 Å². The molecule has 0 saturated carbocycles. The highest BCUT2D eigenvalue weighted by molar-refractivity contribution is 7.13. The molecule has 0 bridgehead atoms. The van der Waals surface area contributed by atoms with Gasteiger partial charge in [0.2, 0.25) is 5.91 Å². The van der Waals surface area contributed by atoms with Gasteiger partial charge in [0.05, 0.1) is 24.1 Å². The van der Waals surface area contributed by atoms with Gasteiger partial charge >= 0.3 is 0 Å². The molecule has 2 heterocycles. The number of amides is 1. The van der Waals surface area contributed by atoms with Crippen LogP contribution >= 0.6 is 11.3 Å². The van der Waals surface area contributed by atoms with Gasteiger partial charge in [0, 0.05) is 36.5 Å². The van der Waals surface area contributed by atoms with Gasteiger partial charge in [-0.15, -0.1) is 11.3 Å². The summed E-state index contributed by atoms with van der Waals surface area (Å²) >= 11 is 1.62. The van der Waals surface area contributed by atoms with Crippen molar-refractivity contribution in [3.8, 4) is 22.0 Å². The first kappa shape index (κ1) is 22.5. The lowest BCUT2D eigenvalue weighted by molar-refractivity contribution is -0.129. The van der Waals surface area contributed by atoms with Gasteiger partial charge in [-0.1, -0.05) is 24.3 Å². The topological polar surface area (TPSA) is 64.4 Å². The molecule has 0 aliphatic rings. The van der Waals surface area contributed by atoms with Crippen LogP contribution < -0.4 is 4.74 Å². The van der Waals surface area contributed by atoms with E-state index in [1.807, 2.05) is 58.7 Å². The molecule has 0 aliphatic carbocycles. The van der Waals surface area contributed by atoms with Crippen LogP contribution in [0.3, 0.4) is 0 Å². The smallest absolute Gasteiger partial charge is 0.227 e. The molecule has 1 amide bonds. The highest BCUT2D eigenvalue weighted by Crippen LogP contribution is 2.29. The minimum Gasteiger partial charge on any atom is -0.496 e. The molecule has 2 aromatic heterocycles. The van der Waals surface area contributed by atoms with E-state index < -0.39 is 0 Å². The summed E-state index contributed by atoms with van der Waals surface area (Å²) < 4.78 is 7.25. The van der Waals surface area contributed by atoms with Gasteiger partial charge in [-0.3, -0.25) is 9.59 Å². The third-order valence-electron chi connectivity index (χ3n) is 5.43. The van der Waals surface area contributed by atoms with Crippen molar-refractivity contribution >= 4 is 23.0 Å². The number of benzene rings is 2. The predicted octanol–water partition coefficient (Wildman–Crippen LogP) is 5.01. The van der Waals surface area contributed by atoms with Crippen molar-refractivity contribution in [1.82, 2.24) is 14.7 Å². The average molecular weight is 460 g/mol. The lowest BCUT2D eigenvalue weighted by Crippen LogP contribution is -2.28. The second kappa shape index (κ2) is 9.83. The number of carbonyl (C=O) groups excluding carboxylic acids is 2.